The molecule has 0 radical (unpaired) electrons. The molecule has 3 fully saturated rings. The number of carbonyl (C=O) groups is 1. The Morgan fingerprint density at radius 1 is 0.652 bits per heavy atom. The molecule has 358 valence electrons. The van der Waals surface area contributed by atoms with Gasteiger partial charge in [0.05, 0.1) is 12.7 Å². The predicted molar refractivity (Wildman–Crippen MR) is 216 cm³/mol. The van der Waals surface area contributed by atoms with Crippen LogP contribution in [0.3, 0.4) is 0 Å². The summed E-state index contributed by atoms with van der Waals surface area (Å²) in [5, 5.41) is 146. The van der Waals surface area contributed by atoms with Crippen molar-refractivity contribution < 1.29 is 114 Å². The summed E-state index contributed by atoms with van der Waals surface area (Å²) in [6.07, 6.45) is -25.1. The molecule has 0 saturated carbocycles. The van der Waals surface area contributed by atoms with E-state index < -0.39 is 168 Å². The molecular weight excluding hydrogens is 888 g/mol. The van der Waals surface area contributed by atoms with Gasteiger partial charge in [-0.2, -0.15) is 0 Å². The molecule has 0 unspecified atom stereocenters. The van der Waals surface area contributed by atoms with E-state index in [0.717, 1.165) is 42.5 Å². The first-order chi connectivity index (χ1) is 31.3. The van der Waals surface area contributed by atoms with Crippen LogP contribution >= 0.6 is 0 Å². The molecule has 4 heterocycles. The second kappa shape index (κ2) is 19.6. The second-order valence-corrected chi connectivity index (χ2v) is 15.6. The van der Waals surface area contributed by atoms with E-state index in [2.05, 4.69) is 0 Å². The summed E-state index contributed by atoms with van der Waals surface area (Å²) in [4.78, 5) is 26.9. The molecule has 7 rings (SSSR count). The lowest BCUT2D eigenvalue weighted by Gasteiger charge is -2.45. The molecule has 3 aromatic carbocycles. The van der Waals surface area contributed by atoms with Gasteiger partial charge in [-0.05, 0) is 48.9 Å². The Bertz CT molecular complexity index is 2470. The van der Waals surface area contributed by atoms with Gasteiger partial charge in [0.2, 0.25) is 23.8 Å². The van der Waals surface area contributed by atoms with Gasteiger partial charge in [-0.15, -0.1) is 0 Å². The molecule has 24 nitrogen and oxygen atoms in total. The Hall–Kier alpha value is -5.84. The van der Waals surface area contributed by atoms with Gasteiger partial charge in [-0.3, -0.25) is 4.79 Å². The average Bonchev–Trinajstić information content (AvgIpc) is 3.28. The van der Waals surface area contributed by atoms with E-state index in [0.29, 0.717) is 0 Å². The highest BCUT2D eigenvalue weighted by molar-refractivity contribution is 5.89. The third-order valence-corrected chi connectivity index (χ3v) is 11.0. The first kappa shape index (κ1) is 48.1. The number of phenols is 5. The number of hydrogen-bond donors (Lipinski definition) is 14. The maximum absolute atomic E-state index is 14.4. The zero-order valence-electron chi connectivity index (χ0n) is 34.2. The Morgan fingerprint density at radius 2 is 1.29 bits per heavy atom. The summed E-state index contributed by atoms with van der Waals surface area (Å²) in [7, 11) is 0. The molecule has 24 heteroatoms. The number of benzene rings is 3. The fourth-order valence-corrected chi connectivity index (χ4v) is 7.29. The number of aliphatic hydroxyl groups is 9. The smallest absolute Gasteiger partial charge is 0.330 e. The van der Waals surface area contributed by atoms with E-state index in [9.17, 15) is 81.1 Å². The lowest BCUT2D eigenvalue weighted by Crippen LogP contribution is -2.65. The third kappa shape index (κ3) is 9.67. The lowest BCUT2D eigenvalue weighted by molar-refractivity contribution is -0.358. The van der Waals surface area contributed by atoms with Crippen LogP contribution in [0.1, 0.15) is 12.5 Å². The molecule has 66 heavy (non-hydrogen) atoms. The number of ether oxygens (including phenoxy) is 7. The summed E-state index contributed by atoms with van der Waals surface area (Å²) in [5.74, 6) is -5.72. The fourth-order valence-electron chi connectivity index (χ4n) is 7.29. The van der Waals surface area contributed by atoms with Crippen molar-refractivity contribution in [1.82, 2.24) is 0 Å². The van der Waals surface area contributed by atoms with Crippen molar-refractivity contribution in [3.8, 4) is 51.6 Å². The summed E-state index contributed by atoms with van der Waals surface area (Å²) in [5.41, 5.74) is -1.50. The Kier molecular flexibility index (Phi) is 14.3. The number of hydrogen-bond acceptors (Lipinski definition) is 24. The van der Waals surface area contributed by atoms with Crippen molar-refractivity contribution in [3.63, 3.8) is 0 Å². The van der Waals surface area contributed by atoms with Gasteiger partial charge >= 0.3 is 5.97 Å². The first-order valence-electron chi connectivity index (χ1n) is 20.0. The maximum Gasteiger partial charge on any atom is 0.330 e. The van der Waals surface area contributed by atoms with Crippen LogP contribution in [0.4, 0.5) is 0 Å². The molecule has 0 aliphatic carbocycles. The van der Waals surface area contributed by atoms with Crippen molar-refractivity contribution in [2.24, 2.45) is 0 Å². The van der Waals surface area contributed by atoms with Crippen LogP contribution in [0, 0.1) is 0 Å². The molecule has 14 N–H and O–H groups in total. The van der Waals surface area contributed by atoms with Gasteiger partial charge < -0.3 is 109 Å². The number of fused-ring (bicyclic) bond motifs is 1. The second-order valence-electron chi connectivity index (χ2n) is 15.6. The highest BCUT2D eigenvalue weighted by Gasteiger charge is 2.52. The first-order valence-corrected chi connectivity index (χ1v) is 20.0. The minimum absolute atomic E-state index is 0.175. The fraction of sp³-hybridized carbons (Fsp3) is 0.429. The lowest BCUT2D eigenvalue weighted by atomic mass is 9.97. The van der Waals surface area contributed by atoms with Gasteiger partial charge in [-0.25, -0.2) is 4.79 Å². The molecule has 3 aliphatic heterocycles. The van der Waals surface area contributed by atoms with E-state index in [4.69, 9.17) is 37.6 Å². The molecule has 0 amide bonds. The van der Waals surface area contributed by atoms with Crippen molar-refractivity contribution in [1.29, 1.82) is 0 Å². The number of aromatic hydroxyl groups is 5. The zero-order valence-corrected chi connectivity index (χ0v) is 34.2. The van der Waals surface area contributed by atoms with Crippen LogP contribution < -0.4 is 14.9 Å². The zero-order chi connectivity index (χ0) is 47.9. The third-order valence-electron chi connectivity index (χ3n) is 11.0. The van der Waals surface area contributed by atoms with Gasteiger partial charge in [-0.1, -0.05) is 6.07 Å². The van der Waals surface area contributed by atoms with Crippen LogP contribution in [-0.2, 0) is 28.5 Å². The van der Waals surface area contributed by atoms with Crippen molar-refractivity contribution in [2.75, 3.05) is 13.2 Å². The molecular formula is C42H46O24. The number of carbonyl (C=O) groups excluding carboxylic acids is 1. The van der Waals surface area contributed by atoms with E-state index in [1.807, 2.05) is 0 Å². The summed E-state index contributed by atoms with van der Waals surface area (Å²) >= 11 is 0. The SMILES string of the molecule is C[C@@H]1O[C@@H](Oc2cc(O)c3c(=O)c(O[C@@H]4O[C@H](CO)[C@@H](O)[C@H](O)[C@H]4O[C@@H]4O[C@H](COC(=O)/C=C/c5ccc(O)c(O)c5)[C@@H](O)[C@H](O)[C@H]4O)c(-c4ccc(O)c(O)c4)oc3c2)[C@H](O)[C@H](O)[C@H]1O. The van der Waals surface area contributed by atoms with E-state index in [-0.39, 0.29) is 16.9 Å². The van der Waals surface area contributed by atoms with E-state index in [1.54, 1.807) is 0 Å². The minimum Gasteiger partial charge on any atom is -0.507 e. The average molecular weight is 935 g/mol. The van der Waals surface area contributed by atoms with Crippen LogP contribution in [0.5, 0.6) is 40.2 Å². The Labute approximate surface area is 370 Å². The molecule has 15 atom stereocenters. The largest absolute Gasteiger partial charge is 0.507 e. The van der Waals surface area contributed by atoms with E-state index in [1.165, 1.54) is 25.1 Å². The van der Waals surface area contributed by atoms with Crippen molar-refractivity contribution >= 4 is 23.0 Å². The number of rotatable bonds is 12. The number of phenolic OH excluding ortho intramolecular Hbond substituents is 5. The summed E-state index contributed by atoms with van der Waals surface area (Å²) in [6.45, 7) is -0.340. The number of aliphatic hydroxyl groups excluding tert-OH is 9. The van der Waals surface area contributed by atoms with Crippen LogP contribution in [0.15, 0.2) is 63.8 Å². The number of esters is 1. The van der Waals surface area contributed by atoms with Gasteiger partial charge in [0.15, 0.2) is 41.2 Å². The van der Waals surface area contributed by atoms with Crippen LogP contribution in [0.25, 0.3) is 28.4 Å². The van der Waals surface area contributed by atoms with Crippen molar-refractivity contribution in [2.45, 2.75) is 99.0 Å². The monoisotopic (exact) mass is 934 g/mol. The van der Waals surface area contributed by atoms with Gasteiger partial charge in [0, 0.05) is 23.8 Å². The Balaban J connectivity index is 1.19. The highest BCUT2D eigenvalue weighted by Crippen LogP contribution is 2.41. The molecule has 1 aromatic heterocycles. The summed E-state index contributed by atoms with van der Waals surface area (Å²) in [6, 6.07) is 8.79. The molecule has 3 aliphatic rings. The highest BCUT2D eigenvalue weighted by atomic mass is 16.8. The topological polar surface area (TPSA) is 395 Å². The Morgan fingerprint density at radius 3 is 1.97 bits per heavy atom. The predicted octanol–water partition coefficient (Wildman–Crippen LogP) is -2.54. The normalized spacial score (nSPS) is 32.6. The molecule has 4 aromatic rings. The maximum atomic E-state index is 14.4. The minimum atomic E-state index is -2.12. The summed E-state index contributed by atoms with van der Waals surface area (Å²) < 4.78 is 45.4. The van der Waals surface area contributed by atoms with Gasteiger partial charge in [0.1, 0.15) is 90.1 Å². The standard InChI is InChI=1S/C42H46O24/c1-14-28(50)32(54)35(57)40(60-14)61-17-10-22(48)27-23(11-17)62-37(16-4-6-19(45)21(47)9-16)38(31(27)53)65-42-39(34(56)29(51)24(12-43)63-42)66-41-36(58)33(55)30(52)25(64-41)13-59-26(49)7-3-15-2-5-18(44)20(46)8-15/h2-11,14,24-25,28-30,32-36,39-48,50-52,54-58H,12-13H2,1H3/b7-3+/t14-,24+,25+,28-,29+,30+,32+,33-,34-,35+,36+,39+,40-,41-,42-/m0/s1. The molecule has 0 spiro atoms. The van der Waals surface area contributed by atoms with Crippen LogP contribution in [-0.4, -0.2) is 183 Å². The van der Waals surface area contributed by atoms with Gasteiger partial charge in [0.25, 0.3) is 0 Å². The van der Waals surface area contributed by atoms with Crippen LogP contribution in [0.2, 0.25) is 0 Å². The molecule has 0 bridgehead atoms. The molecule has 3 saturated heterocycles. The quantitative estimate of drug-likeness (QED) is 0.0395. The van der Waals surface area contributed by atoms with Crippen molar-refractivity contribution in [3.05, 3.63) is 70.4 Å². The van der Waals surface area contributed by atoms with E-state index >= 15 is 0 Å².